The molecule has 1 aromatic heterocycles. The van der Waals surface area contributed by atoms with Crippen molar-refractivity contribution >= 4 is 17.5 Å². The number of anilines is 1. The molecule has 0 fully saturated rings. The van der Waals surface area contributed by atoms with Gasteiger partial charge in [-0.1, -0.05) is 54.6 Å². The summed E-state index contributed by atoms with van der Waals surface area (Å²) < 4.78 is 11.2. The second-order valence-corrected chi connectivity index (χ2v) is 8.85. The maximum atomic E-state index is 12.9. The first-order valence-corrected chi connectivity index (χ1v) is 13.0. The number of nitrogens with zero attached hydrogens (tertiary/aromatic N) is 1. The van der Waals surface area contributed by atoms with E-state index >= 15 is 0 Å². The smallest absolute Gasteiger partial charge is 0.225 e. The molecule has 0 saturated heterocycles. The summed E-state index contributed by atoms with van der Waals surface area (Å²) in [5, 5.41) is 12.2. The van der Waals surface area contributed by atoms with E-state index in [0.29, 0.717) is 41.8 Å². The molecule has 7 heteroatoms. The Morgan fingerprint density at radius 2 is 1.49 bits per heavy atom. The van der Waals surface area contributed by atoms with Crippen molar-refractivity contribution in [2.75, 3.05) is 18.5 Å². The van der Waals surface area contributed by atoms with Crippen LogP contribution in [0.25, 0.3) is 22.4 Å². The molecule has 0 saturated carbocycles. The molecule has 4 aromatic rings. The number of aliphatic hydroxyl groups is 1. The van der Waals surface area contributed by atoms with Gasteiger partial charge in [0.25, 0.3) is 0 Å². The summed E-state index contributed by atoms with van der Waals surface area (Å²) in [7, 11) is 0. The molecule has 0 aliphatic heterocycles. The van der Waals surface area contributed by atoms with Crippen LogP contribution in [0.3, 0.4) is 0 Å². The molecule has 3 aromatic carbocycles. The number of aliphatic hydroxyl groups excluding tert-OH is 1. The van der Waals surface area contributed by atoms with Gasteiger partial charge in [0, 0.05) is 24.0 Å². The summed E-state index contributed by atoms with van der Waals surface area (Å²) in [6, 6.07) is 26.1. The van der Waals surface area contributed by atoms with Crippen molar-refractivity contribution in [3.05, 3.63) is 96.1 Å². The van der Waals surface area contributed by atoms with Gasteiger partial charge in [-0.3, -0.25) is 9.59 Å². The summed E-state index contributed by atoms with van der Waals surface area (Å²) in [5.41, 5.74) is 4.71. The fourth-order valence-corrected chi connectivity index (χ4v) is 4.12. The van der Waals surface area contributed by atoms with E-state index in [0.717, 1.165) is 22.3 Å². The normalized spacial score (nSPS) is 10.6. The second-order valence-electron chi connectivity index (χ2n) is 8.85. The van der Waals surface area contributed by atoms with Crippen LogP contribution in [0, 0.1) is 0 Å². The van der Waals surface area contributed by atoms with Crippen molar-refractivity contribution in [1.29, 1.82) is 0 Å². The molecule has 1 heterocycles. The average Bonchev–Trinajstić information content (AvgIpc) is 2.97. The predicted octanol–water partition coefficient (Wildman–Crippen LogP) is 6.31. The lowest BCUT2D eigenvalue weighted by molar-refractivity contribution is -0.116. The van der Waals surface area contributed by atoms with E-state index in [1.54, 1.807) is 24.3 Å². The van der Waals surface area contributed by atoms with Gasteiger partial charge < -0.3 is 19.9 Å². The molecule has 39 heavy (non-hydrogen) atoms. The third-order valence-corrected chi connectivity index (χ3v) is 6.08. The number of amides is 1. The van der Waals surface area contributed by atoms with Gasteiger partial charge in [-0.05, 0) is 60.9 Å². The van der Waals surface area contributed by atoms with Crippen LogP contribution in [0.2, 0.25) is 0 Å². The van der Waals surface area contributed by atoms with E-state index in [4.69, 9.17) is 9.47 Å². The zero-order chi connectivity index (χ0) is 27.6. The molecule has 0 aliphatic rings. The molecular formula is C32H32N2O5. The van der Waals surface area contributed by atoms with E-state index in [1.807, 2.05) is 74.5 Å². The molecule has 7 nitrogen and oxygen atoms in total. The van der Waals surface area contributed by atoms with Crippen LogP contribution < -0.4 is 14.8 Å². The van der Waals surface area contributed by atoms with Crippen LogP contribution in [0.4, 0.5) is 5.82 Å². The Hall–Kier alpha value is -4.49. The number of ether oxygens (including phenoxy) is 2. The predicted molar refractivity (Wildman–Crippen MR) is 152 cm³/mol. The quantitative estimate of drug-likeness (QED) is 0.211. The largest absolute Gasteiger partial charge is 0.490 e. The van der Waals surface area contributed by atoms with Crippen LogP contribution in [0.1, 0.15) is 42.6 Å². The number of carbonyl (C=O) groups excluding carboxylic acids is 2. The van der Waals surface area contributed by atoms with Crippen molar-refractivity contribution in [3.63, 3.8) is 0 Å². The SMILES string of the molecule is CCOc1ccc(C(=O)CCC(=O)Nc2cc(-c3ccc(CO)cc3)cc(-c3ccccc3)n2)cc1OCC. The number of carbonyl (C=O) groups is 2. The van der Waals surface area contributed by atoms with E-state index in [-0.39, 0.29) is 31.1 Å². The van der Waals surface area contributed by atoms with Gasteiger partial charge in [-0.2, -0.15) is 0 Å². The number of benzene rings is 3. The van der Waals surface area contributed by atoms with Crippen molar-refractivity contribution in [3.8, 4) is 33.9 Å². The van der Waals surface area contributed by atoms with Crippen molar-refractivity contribution in [2.45, 2.75) is 33.3 Å². The Bertz CT molecular complexity index is 1420. The van der Waals surface area contributed by atoms with E-state index < -0.39 is 0 Å². The second kappa shape index (κ2) is 13.3. The number of Topliss-reactive ketones (excluding diaryl/α,β-unsaturated/α-hetero) is 1. The number of rotatable bonds is 12. The topological polar surface area (TPSA) is 97.8 Å². The molecule has 2 N–H and O–H groups in total. The van der Waals surface area contributed by atoms with Gasteiger partial charge in [0.05, 0.1) is 25.5 Å². The molecule has 0 unspecified atom stereocenters. The average molecular weight is 525 g/mol. The maximum absolute atomic E-state index is 12.9. The van der Waals surface area contributed by atoms with E-state index in [1.165, 1.54) is 0 Å². The first kappa shape index (κ1) is 27.5. The first-order chi connectivity index (χ1) is 19.0. The van der Waals surface area contributed by atoms with Crippen LogP contribution in [0.15, 0.2) is 84.9 Å². The van der Waals surface area contributed by atoms with Crippen molar-refractivity contribution in [2.24, 2.45) is 0 Å². The third-order valence-electron chi connectivity index (χ3n) is 6.08. The molecule has 0 atom stereocenters. The summed E-state index contributed by atoms with van der Waals surface area (Å²) in [6.07, 6.45) is 0.0486. The minimum atomic E-state index is -0.307. The fourth-order valence-electron chi connectivity index (χ4n) is 4.12. The maximum Gasteiger partial charge on any atom is 0.225 e. The Labute approximate surface area is 228 Å². The highest BCUT2D eigenvalue weighted by atomic mass is 16.5. The van der Waals surface area contributed by atoms with Gasteiger partial charge >= 0.3 is 0 Å². The summed E-state index contributed by atoms with van der Waals surface area (Å²) in [4.78, 5) is 30.4. The minimum absolute atomic E-state index is 0.00773. The molecule has 0 bridgehead atoms. The highest BCUT2D eigenvalue weighted by Crippen LogP contribution is 2.30. The van der Waals surface area contributed by atoms with E-state index in [9.17, 15) is 14.7 Å². The van der Waals surface area contributed by atoms with Crippen LogP contribution >= 0.6 is 0 Å². The summed E-state index contributed by atoms with van der Waals surface area (Å²) in [5.74, 6) is 1.02. The highest BCUT2D eigenvalue weighted by molar-refractivity contribution is 6.00. The first-order valence-electron chi connectivity index (χ1n) is 13.0. The Morgan fingerprint density at radius 1 is 0.769 bits per heavy atom. The lowest BCUT2D eigenvalue weighted by Crippen LogP contribution is -2.15. The number of hydrogen-bond acceptors (Lipinski definition) is 6. The molecule has 200 valence electrons. The lowest BCUT2D eigenvalue weighted by Gasteiger charge is -2.12. The Morgan fingerprint density at radius 3 is 2.18 bits per heavy atom. The van der Waals surface area contributed by atoms with Gasteiger partial charge in [-0.25, -0.2) is 4.98 Å². The number of pyridine rings is 1. The summed E-state index contributed by atoms with van der Waals surface area (Å²) >= 11 is 0. The third kappa shape index (κ3) is 7.30. The molecule has 0 spiro atoms. The van der Waals surface area contributed by atoms with Gasteiger partial charge in [-0.15, -0.1) is 0 Å². The van der Waals surface area contributed by atoms with Gasteiger partial charge in [0.2, 0.25) is 5.91 Å². The Balaban J connectivity index is 1.50. The zero-order valence-corrected chi connectivity index (χ0v) is 22.1. The number of hydrogen-bond donors (Lipinski definition) is 2. The van der Waals surface area contributed by atoms with Crippen LogP contribution in [-0.4, -0.2) is 35.0 Å². The standard InChI is InChI=1S/C32H32N2O5/c1-3-38-29-16-14-25(19-30(29)39-4-2)28(36)15-17-32(37)34-31-20-26(23-12-10-22(21-35)11-13-23)18-27(33-31)24-8-6-5-7-9-24/h5-14,16,18-20,35H,3-4,15,17,21H2,1-2H3,(H,33,34,37). The van der Waals surface area contributed by atoms with Crippen LogP contribution in [0.5, 0.6) is 11.5 Å². The molecule has 0 aliphatic carbocycles. The minimum Gasteiger partial charge on any atom is -0.490 e. The van der Waals surface area contributed by atoms with E-state index in [2.05, 4.69) is 10.3 Å². The monoisotopic (exact) mass is 524 g/mol. The van der Waals surface area contributed by atoms with Crippen molar-refractivity contribution in [1.82, 2.24) is 4.98 Å². The number of nitrogens with one attached hydrogen (secondary N) is 1. The molecule has 1 amide bonds. The van der Waals surface area contributed by atoms with Gasteiger partial charge in [0.1, 0.15) is 5.82 Å². The van der Waals surface area contributed by atoms with Gasteiger partial charge in [0.15, 0.2) is 17.3 Å². The van der Waals surface area contributed by atoms with Crippen LogP contribution in [-0.2, 0) is 11.4 Å². The molecule has 4 rings (SSSR count). The Kier molecular flexibility index (Phi) is 9.43. The molecule has 0 radical (unpaired) electrons. The number of ketones is 1. The number of aromatic nitrogens is 1. The summed E-state index contributed by atoms with van der Waals surface area (Å²) in [6.45, 7) is 4.65. The lowest BCUT2D eigenvalue weighted by atomic mass is 10.0. The zero-order valence-electron chi connectivity index (χ0n) is 22.1. The fraction of sp³-hybridized carbons (Fsp3) is 0.219. The van der Waals surface area contributed by atoms with Crippen molar-refractivity contribution < 1.29 is 24.2 Å². The molecular weight excluding hydrogens is 492 g/mol. The highest BCUT2D eigenvalue weighted by Gasteiger charge is 2.15.